The van der Waals surface area contributed by atoms with E-state index in [2.05, 4.69) is 5.32 Å². The minimum absolute atomic E-state index is 0.0711. The number of rotatable bonds is 9. The van der Waals surface area contributed by atoms with Crippen molar-refractivity contribution in [3.63, 3.8) is 0 Å². The Balaban J connectivity index is 1.48. The van der Waals surface area contributed by atoms with Gasteiger partial charge >= 0.3 is 6.03 Å². The molecule has 8 heteroatoms. The molecule has 1 N–H and O–H groups in total. The Labute approximate surface area is 211 Å². The van der Waals surface area contributed by atoms with Gasteiger partial charge in [-0.15, -0.1) is 0 Å². The fourth-order valence-corrected chi connectivity index (χ4v) is 5.18. The Kier molecular flexibility index (Phi) is 7.72. The number of carbonyl (C=O) groups excluding carboxylic acids is 4. The standard InChI is InChI=1S/C28H33N3O5/c1-30(22-11-13-24(36-2)14-12-22)25(33)21(17-20-9-5-3-6-10-20)18-23(32)19-31-26(34)28(29-27(31)35)15-7-4-8-16-28/h3,5-6,9-14,21H,4,7-8,15-19H2,1-2H3,(H,29,35)/t21-/m1/s1. The predicted octanol–water partition coefficient (Wildman–Crippen LogP) is 3.73. The zero-order valence-electron chi connectivity index (χ0n) is 20.9. The molecule has 2 aromatic carbocycles. The molecule has 0 unspecified atom stereocenters. The highest BCUT2D eigenvalue weighted by molar-refractivity contribution is 6.09. The lowest BCUT2D eigenvalue weighted by atomic mass is 9.81. The predicted molar refractivity (Wildman–Crippen MR) is 136 cm³/mol. The number of amides is 4. The molecule has 1 spiro atoms. The van der Waals surface area contributed by atoms with Crippen molar-refractivity contribution in [2.24, 2.45) is 5.92 Å². The lowest BCUT2D eigenvalue weighted by molar-refractivity contribution is -0.136. The molecule has 1 aliphatic heterocycles. The summed E-state index contributed by atoms with van der Waals surface area (Å²) >= 11 is 0. The van der Waals surface area contributed by atoms with Crippen LogP contribution in [0.5, 0.6) is 5.75 Å². The number of urea groups is 1. The largest absolute Gasteiger partial charge is 0.497 e. The van der Waals surface area contributed by atoms with Crippen molar-refractivity contribution in [2.45, 2.75) is 50.5 Å². The molecule has 0 aromatic heterocycles. The molecule has 1 saturated heterocycles. The molecule has 4 amide bonds. The van der Waals surface area contributed by atoms with Crippen LogP contribution in [0.25, 0.3) is 0 Å². The highest BCUT2D eigenvalue weighted by Gasteiger charge is 2.51. The molecule has 1 saturated carbocycles. The Morgan fingerprint density at radius 1 is 1.03 bits per heavy atom. The highest BCUT2D eigenvalue weighted by Crippen LogP contribution is 2.33. The van der Waals surface area contributed by atoms with Gasteiger partial charge in [0.1, 0.15) is 11.3 Å². The molecular formula is C28H33N3O5. The van der Waals surface area contributed by atoms with Gasteiger partial charge in [0.2, 0.25) is 5.91 Å². The van der Waals surface area contributed by atoms with E-state index in [1.54, 1.807) is 38.4 Å². The van der Waals surface area contributed by atoms with Gasteiger partial charge in [-0.1, -0.05) is 49.6 Å². The van der Waals surface area contributed by atoms with Gasteiger partial charge in [-0.2, -0.15) is 0 Å². The van der Waals surface area contributed by atoms with E-state index in [9.17, 15) is 19.2 Å². The van der Waals surface area contributed by atoms with Crippen molar-refractivity contribution in [1.82, 2.24) is 10.2 Å². The summed E-state index contributed by atoms with van der Waals surface area (Å²) in [4.78, 5) is 54.9. The van der Waals surface area contributed by atoms with Crippen LogP contribution >= 0.6 is 0 Å². The van der Waals surface area contributed by atoms with Gasteiger partial charge < -0.3 is 15.0 Å². The molecule has 1 atom stereocenters. The van der Waals surface area contributed by atoms with Crippen LogP contribution < -0.4 is 15.0 Å². The van der Waals surface area contributed by atoms with Crippen molar-refractivity contribution < 1.29 is 23.9 Å². The van der Waals surface area contributed by atoms with Crippen molar-refractivity contribution in [3.8, 4) is 5.75 Å². The first kappa shape index (κ1) is 25.4. The Bertz CT molecular complexity index is 1110. The Hall–Kier alpha value is -3.68. The van der Waals surface area contributed by atoms with E-state index in [1.165, 1.54) is 4.90 Å². The summed E-state index contributed by atoms with van der Waals surface area (Å²) in [6.07, 6.45) is 4.29. The highest BCUT2D eigenvalue weighted by atomic mass is 16.5. The van der Waals surface area contributed by atoms with Crippen molar-refractivity contribution in [3.05, 3.63) is 60.2 Å². The minimum atomic E-state index is -0.872. The minimum Gasteiger partial charge on any atom is -0.497 e. The van der Waals surface area contributed by atoms with Crippen molar-refractivity contribution in [1.29, 1.82) is 0 Å². The van der Waals surface area contributed by atoms with Gasteiger partial charge in [0.15, 0.2) is 5.78 Å². The number of carbonyl (C=O) groups is 4. The second-order valence-electron chi connectivity index (χ2n) is 9.69. The Morgan fingerprint density at radius 3 is 2.33 bits per heavy atom. The van der Waals surface area contributed by atoms with Crippen LogP contribution in [-0.4, -0.2) is 54.8 Å². The number of nitrogens with zero attached hydrogens (tertiary/aromatic N) is 2. The molecule has 190 valence electrons. The number of Topliss-reactive ketones (excluding diaryl/α,β-unsaturated/α-hetero) is 1. The SMILES string of the molecule is COc1ccc(N(C)C(=O)[C@@H](CC(=O)CN2C(=O)NC3(CCCCC3)C2=O)Cc2ccccc2)cc1. The number of nitrogens with one attached hydrogen (secondary N) is 1. The second kappa shape index (κ2) is 10.9. The molecule has 2 fully saturated rings. The number of methoxy groups -OCH3 is 1. The van der Waals surface area contributed by atoms with E-state index < -0.39 is 17.5 Å². The maximum Gasteiger partial charge on any atom is 0.325 e. The lowest BCUT2D eigenvalue weighted by Crippen LogP contribution is -2.48. The van der Waals surface area contributed by atoms with Crippen LogP contribution in [0, 0.1) is 5.92 Å². The van der Waals surface area contributed by atoms with Gasteiger partial charge in [0.25, 0.3) is 5.91 Å². The van der Waals surface area contributed by atoms with E-state index in [0.29, 0.717) is 30.7 Å². The first-order chi connectivity index (χ1) is 17.3. The topological polar surface area (TPSA) is 96.0 Å². The average molecular weight is 492 g/mol. The average Bonchev–Trinajstić information content (AvgIpc) is 3.12. The summed E-state index contributed by atoms with van der Waals surface area (Å²) in [5, 5.41) is 2.84. The van der Waals surface area contributed by atoms with Gasteiger partial charge in [-0.3, -0.25) is 19.3 Å². The molecular weight excluding hydrogens is 458 g/mol. The summed E-state index contributed by atoms with van der Waals surface area (Å²) in [5.41, 5.74) is 0.742. The zero-order chi connectivity index (χ0) is 25.7. The van der Waals surface area contributed by atoms with Gasteiger partial charge in [0.05, 0.1) is 13.7 Å². The molecule has 4 rings (SSSR count). The summed E-state index contributed by atoms with van der Waals surface area (Å²) in [6.45, 7) is -0.322. The quantitative estimate of drug-likeness (QED) is 0.539. The number of hydrogen-bond acceptors (Lipinski definition) is 5. The second-order valence-corrected chi connectivity index (χ2v) is 9.69. The summed E-state index contributed by atoms with van der Waals surface area (Å²) < 4.78 is 5.20. The number of imide groups is 1. The van der Waals surface area contributed by atoms with Crippen LogP contribution in [0.1, 0.15) is 44.1 Å². The molecule has 1 aliphatic carbocycles. The monoisotopic (exact) mass is 491 g/mol. The first-order valence-electron chi connectivity index (χ1n) is 12.4. The summed E-state index contributed by atoms with van der Waals surface area (Å²) in [5.74, 6) is -0.805. The number of anilines is 1. The fraction of sp³-hybridized carbons (Fsp3) is 0.429. The first-order valence-corrected chi connectivity index (χ1v) is 12.4. The summed E-state index contributed by atoms with van der Waals surface area (Å²) in [6, 6.07) is 16.1. The number of ether oxygens (including phenoxy) is 1. The van der Waals surface area contributed by atoms with Gasteiger partial charge in [-0.05, 0) is 49.1 Å². The maximum absolute atomic E-state index is 13.5. The molecule has 36 heavy (non-hydrogen) atoms. The molecule has 0 radical (unpaired) electrons. The van der Waals surface area contributed by atoms with Crippen LogP contribution in [0.3, 0.4) is 0 Å². The number of ketones is 1. The molecule has 2 aliphatic rings. The lowest BCUT2D eigenvalue weighted by Gasteiger charge is -2.30. The third-order valence-corrected chi connectivity index (χ3v) is 7.23. The van der Waals surface area contributed by atoms with E-state index in [0.717, 1.165) is 29.7 Å². The molecule has 0 bridgehead atoms. The Morgan fingerprint density at radius 2 is 1.69 bits per heavy atom. The van der Waals surface area contributed by atoms with Crippen molar-refractivity contribution in [2.75, 3.05) is 25.6 Å². The number of benzene rings is 2. The van der Waals surface area contributed by atoms with E-state index >= 15 is 0 Å². The zero-order valence-corrected chi connectivity index (χ0v) is 20.9. The number of hydrogen-bond donors (Lipinski definition) is 1. The molecule has 8 nitrogen and oxygen atoms in total. The third kappa shape index (κ3) is 5.42. The molecule has 2 aromatic rings. The summed E-state index contributed by atoms with van der Waals surface area (Å²) in [7, 11) is 3.25. The van der Waals surface area contributed by atoms with E-state index in [4.69, 9.17) is 4.74 Å². The van der Waals surface area contributed by atoms with Crippen LogP contribution in [0.15, 0.2) is 54.6 Å². The van der Waals surface area contributed by atoms with Crippen LogP contribution in [0.4, 0.5) is 10.5 Å². The van der Waals surface area contributed by atoms with Gasteiger partial charge in [0, 0.05) is 25.1 Å². The van der Waals surface area contributed by atoms with Crippen LogP contribution in [0.2, 0.25) is 0 Å². The maximum atomic E-state index is 13.5. The smallest absolute Gasteiger partial charge is 0.325 e. The fourth-order valence-electron chi connectivity index (χ4n) is 5.18. The van der Waals surface area contributed by atoms with E-state index in [1.807, 2.05) is 30.3 Å². The van der Waals surface area contributed by atoms with Gasteiger partial charge in [-0.25, -0.2) is 4.79 Å². The third-order valence-electron chi connectivity index (χ3n) is 7.23. The van der Waals surface area contributed by atoms with Crippen LogP contribution in [-0.2, 0) is 20.8 Å². The normalized spacial score (nSPS) is 17.6. The van der Waals surface area contributed by atoms with E-state index in [-0.39, 0.29) is 30.6 Å². The van der Waals surface area contributed by atoms with Crippen molar-refractivity contribution >= 4 is 29.3 Å². The molecule has 1 heterocycles.